The van der Waals surface area contributed by atoms with Gasteiger partial charge in [-0.05, 0) is 18.6 Å². The topological polar surface area (TPSA) is 67.4 Å². The number of fused-ring (bicyclic) bond motifs is 1. The van der Waals surface area contributed by atoms with Crippen molar-refractivity contribution in [3.63, 3.8) is 0 Å². The van der Waals surface area contributed by atoms with E-state index < -0.39 is 5.82 Å². The highest BCUT2D eigenvalue weighted by Crippen LogP contribution is 2.23. The minimum Gasteiger partial charge on any atom is -0.277 e. The van der Waals surface area contributed by atoms with Gasteiger partial charge in [0.05, 0.1) is 29.2 Å². The summed E-state index contributed by atoms with van der Waals surface area (Å²) in [6.07, 6.45) is 1.89. The van der Waals surface area contributed by atoms with Crippen LogP contribution in [0.1, 0.15) is 18.4 Å². The molecule has 0 spiro atoms. The lowest BCUT2D eigenvalue weighted by molar-refractivity contribution is 0.581. The molecule has 0 amide bonds. The number of aryl methyl sites for hydroxylation is 1. The Morgan fingerprint density at radius 2 is 2.10 bits per heavy atom. The molecule has 0 aliphatic rings. The molecule has 1 aromatic carbocycles. The molecule has 0 N–H and O–H groups in total. The molecular formula is C15H12FN5. The average Bonchev–Trinajstić information content (AvgIpc) is 2.86. The molecule has 0 atom stereocenters. The summed E-state index contributed by atoms with van der Waals surface area (Å²) in [6.45, 7) is 1.83. The third-order valence-electron chi connectivity index (χ3n) is 3.26. The number of hydrogen-bond donors (Lipinski definition) is 0. The lowest BCUT2D eigenvalue weighted by Crippen LogP contribution is -2.08. The molecule has 104 valence electrons. The Morgan fingerprint density at radius 1 is 1.29 bits per heavy atom. The van der Waals surface area contributed by atoms with E-state index in [4.69, 9.17) is 5.26 Å². The smallest absolute Gasteiger partial charge is 0.187 e. The van der Waals surface area contributed by atoms with Crippen molar-refractivity contribution in [1.29, 1.82) is 5.26 Å². The molecule has 0 radical (unpaired) electrons. The number of benzene rings is 1. The molecule has 3 rings (SSSR count). The van der Waals surface area contributed by atoms with Gasteiger partial charge >= 0.3 is 0 Å². The Bertz CT molecular complexity index is 847. The first-order chi connectivity index (χ1) is 10.3. The number of nitrogens with zero attached hydrogens (tertiary/aromatic N) is 5. The maximum Gasteiger partial charge on any atom is 0.187 e. The third kappa shape index (κ3) is 2.13. The maximum atomic E-state index is 14.5. The highest BCUT2D eigenvalue weighted by atomic mass is 19.1. The number of imidazole rings is 1. The van der Waals surface area contributed by atoms with Gasteiger partial charge in [-0.15, -0.1) is 0 Å². The van der Waals surface area contributed by atoms with Gasteiger partial charge < -0.3 is 0 Å². The van der Waals surface area contributed by atoms with E-state index in [0.717, 1.165) is 5.52 Å². The Hall–Kier alpha value is -2.81. The van der Waals surface area contributed by atoms with Crippen LogP contribution in [0.4, 0.5) is 4.39 Å². The molecule has 0 unspecified atom stereocenters. The second-order valence-electron chi connectivity index (χ2n) is 4.50. The van der Waals surface area contributed by atoms with Crippen LogP contribution in [0, 0.1) is 17.1 Å². The van der Waals surface area contributed by atoms with Crippen LogP contribution < -0.4 is 0 Å². The summed E-state index contributed by atoms with van der Waals surface area (Å²) >= 11 is 0. The van der Waals surface area contributed by atoms with Crippen molar-refractivity contribution in [2.24, 2.45) is 0 Å². The molecule has 0 fully saturated rings. The van der Waals surface area contributed by atoms with E-state index in [0.29, 0.717) is 23.5 Å². The molecule has 0 saturated heterocycles. The first-order valence-electron chi connectivity index (χ1n) is 6.59. The van der Waals surface area contributed by atoms with E-state index >= 15 is 0 Å². The van der Waals surface area contributed by atoms with Gasteiger partial charge in [0, 0.05) is 0 Å². The zero-order valence-electron chi connectivity index (χ0n) is 11.4. The summed E-state index contributed by atoms with van der Waals surface area (Å²) in [5.74, 6) is 0.140. The van der Waals surface area contributed by atoms with Gasteiger partial charge in [0.15, 0.2) is 11.6 Å². The lowest BCUT2D eigenvalue weighted by Gasteiger charge is -2.09. The van der Waals surface area contributed by atoms with E-state index in [1.54, 1.807) is 4.57 Å². The van der Waals surface area contributed by atoms with E-state index in [9.17, 15) is 4.39 Å². The molecule has 2 heterocycles. The van der Waals surface area contributed by atoms with Crippen LogP contribution in [0.2, 0.25) is 0 Å². The molecular weight excluding hydrogens is 269 g/mol. The summed E-state index contributed by atoms with van der Waals surface area (Å²) in [5, 5.41) is 8.96. The molecule has 21 heavy (non-hydrogen) atoms. The Labute approximate surface area is 120 Å². The number of nitriles is 1. The maximum absolute atomic E-state index is 14.5. The summed E-state index contributed by atoms with van der Waals surface area (Å²) in [4.78, 5) is 12.4. The zero-order valence-corrected chi connectivity index (χ0v) is 11.4. The zero-order chi connectivity index (χ0) is 14.8. The molecule has 3 aromatic rings. The molecule has 0 bridgehead atoms. The fraction of sp³-hybridized carbons (Fsp3) is 0.200. The van der Waals surface area contributed by atoms with Gasteiger partial charge in [-0.1, -0.05) is 19.1 Å². The second-order valence-corrected chi connectivity index (χ2v) is 4.50. The predicted molar refractivity (Wildman–Crippen MR) is 75.3 cm³/mol. The van der Waals surface area contributed by atoms with Gasteiger partial charge in [-0.2, -0.15) is 5.26 Å². The first-order valence-corrected chi connectivity index (χ1v) is 6.59. The average molecular weight is 281 g/mol. The summed E-state index contributed by atoms with van der Waals surface area (Å²) < 4.78 is 16.1. The SMILES string of the molecule is CCc1ncnc(-n2c(CC#N)nc3ccccc32)c1F. The van der Waals surface area contributed by atoms with Crippen molar-refractivity contribution in [3.05, 3.63) is 47.9 Å². The van der Waals surface area contributed by atoms with Gasteiger partial charge in [-0.3, -0.25) is 4.57 Å². The number of rotatable bonds is 3. The van der Waals surface area contributed by atoms with Crippen molar-refractivity contribution < 1.29 is 4.39 Å². The van der Waals surface area contributed by atoms with Gasteiger partial charge in [0.1, 0.15) is 12.2 Å². The number of para-hydroxylation sites is 2. The molecule has 0 aliphatic heterocycles. The van der Waals surface area contributed by atoms with E-state index in [1.807, 2.05) is 31.2 Å². The van der Waals surface area contributed by atoms with Crippen molar-refractivity contribution in [2.75, 3.05) is 0 Å². The molecule has 6 heteroatoms. The van der Waals surface area contributed by atoms with Gasteiger partial charge in [-0.25, -0.2) is 19.3 Å². The third-order valence-corrected chi connectivity index (χ3v) is 3.26. The van der Waals surface area contributed by atoms with Crippen molar-refractivity contribution in [3.8, 4) is 11.9 Å². The second kappa shape index (κ2) is 5.29. The Morgan fingerprint density at radius 3 is 2.86 bits per heavy atom. The minimum atomic E-state index is -0.470. The van der Waals surface area contributed by atoms with Crippen LogP contribution in [-0.2, 0) is 12.8 Å². The minimum absolute atomic E-state index is 0.0829. The Kier molecular flexibility index (Phi) is 3.32. The molecule has 0 saturated carbocycles. The Balaban J connectivity index is 2.33. The number of hydrogen-bond acceptors (Lipinski definition) is 4. The fourth-order valence-corrected chi connectivity index (χ4v) is 2.30. The highest BCUT2D eigenvalue weighted by Gasteiger charge is 2.18. The van der Waals surface area contributed by atoms with Crippen LogP contribution in [0.5, 0.6) is 0 Å². The van der Waals surface area contributed by atoms with E-state index in [2.05, 4.69) is 21.0 Å². The molecule has 0 aliphatic carbocycles. The molecule has 2 aromatic heterocycles. The normalized spacial score (nSPS) is 10.7. The van der Waals surface area contributed by atoms with Crippen LogP contribution in [0.3, 0.4) is 0 Å². The first kappa shape index (κ1) is 13.2. The van der Waals surface area contributed by atoms with E-state index in [-0.39, 0.29) is 12.2 Å². The highest BCUT2D eigenvalue weighted by molar-refractivity contribution is 5.78. The van der Waals surface area contributed by atoms with Crippen LogP contribution in [0.15, 0.2) is 30.6 Å². The quantitative estimate of drug-likeness (QED) is 0.740. The van der Waals surface area contributed by atoms with Crippen molar-refractivity contribution >= 4 is 11.0 Å². The number of halogens is 1. The summed E-state index contributed by atoms with van der Waals surface area (Å²) in [5.41, 5.74) is 1.78. The van der Waals surface area contributed by atoms with Crippen LogP contribution >= 0.6 is 0 Å². The van der Waals surface area contributed by atoms with Gasteiger partial charge in [0.2, 0.25) is 0 Å². The van der Waals surface area contributed by atoms with E-state index in [1.165, 1.54) is 6.33 Å². The lowest BCUT2D eigenvalue weighted by atomic mass is 10.3. The van der Waals surface area contributed by atoms with Crippen LogP contribution in [0.25, 0.3) is 16.9 Å². The monoisotopic (exact) mass is 281 g/mol. The van der Waals surface area contributed by atoms with Gasteiger partial charge in [0.25, 0.3) is 0 Å². The summed E-state index contributed by atoms with van der Waals surface area (Å²) in [7, 11) is 0. The van der Waals surface area contributed by atoms with Crippen LogP contribution in [-0.4, -0.2) is 19.5 Å². The number of aromatic nitrogens is 4. The fourth-order valence-electron chi connectivity index (χ4n) is 2.30. The summed E-state index contributed by atoms with van der Waals surface area (Å²) in [6, 6.07) is 9.40. The van der Waals surface area contributed by atoms with Crippen molar-refractivity contribution in [1.82, 2.24) is 19.5 Å². The van der Waals surface area contributed by atoms with Crippen molar-refractivity contribution in [2.45, 2.75) is 19.8 Å². The largest absolute Gasteiger partial charge is 0.277 e. The predicted octanol–water partition coefficient (Wildman–Crippen LogP) is 2.58. The standard InChI is InChI=1S/C15H12FN5/c1-2-10-14(16)15(19-9-18-10)21-12-6-4-3-5-11(12)20-13(21)7-8-17/h3-6,9H,2,7H2,1H3. The molecule has 5 nitrogen and oxygen atoms in total.